The Kier molecular flexibility index (Phi) is 4.56. The number of aldehydes is 1. The minimum Gasteiger partial charge on any atom is -0.496 e. The number of ether oxygens (including phenoxy) is 2. The van der Waals surface area contributed by atoms with Gasteiger partial charge in [-0.15, -0.1) is 0 Å². The summed E-state index contributed by atoms with van der Waals surface area (Å²) >= 11 is 0. The van der Waals surface area contributed by atoms with Gasteiger partial charge in [0.05, 0.1) is 25.5 Å². The molecule has 0 fully saturated rings. The molecule has 2 rings (SSSR count). The van der Waals surface area contributed by atoms with E-state index >= 15 is 0 Å². The molecule has 1 N–H and O–H groups in total. The molecule has 2 aromatic carbocycles. The molecule has 0 saturated heterocycles. The number of para-hydroxylation sites is 1. The number of rotatable bonds is 5. The van der Waals surface area contributed by atoms with Crippen molar-refractivity contribution in [3.05, 3.63) is 53.6 Å². The third kappa shape index (κ3) is 3.20. The van der Waals surface area contributed by atoms with Crippen LogP contribution in [0.15, 0.2) is 42.5 Å². The van der Waals surface area contributed by atoms with E-state index in [4.69, 9.17) is 9.47 Å². The zero-order valence-electron chi connectivity index (χ0n) is 11.8. The van der Waals surface area contributed by atoms with Crippen LogP contribution >= 0.6 is 0 Å². The Bertz CT molecular complexity index is 667. The van der Waals surface area contributed by atoms with Crippen LogP contribution in [0.4, 0.5) is 5.69 Å². The third-order valence-electron chi connectivity index (χ3n) is 2.96. The van der Waals surface area contributed by atoms with Crippen LogP contribution in [0.5, 0.6) is 11.5 Å². The Morgan fingerprint density at radius 2 is 1.76 bits per heavy atom. The molecule has 0 aliphatic carbocycles. The topological polar surface area (TPSA) is 64.6 Å². The van der Waals surface area contributed by atoms with Crippen LogP contribution < -0.4 is 14.8 Å². The van der Waals surface area contributed by atoms with Gasteiger partial charge in [-0.3, -0.25) is 9.59 Å². The van der Waals surface area contributed by atoms with Gasteiger partial charge in [-0.05, 0) is 30.3 Å². The molecule has 0 aliphatic rings. The van der Waals surface area contributed by atoms with Crippen molar-refractivity contribution in [2.45, 2.75) is 0 Å². The van der Waals surface area contributed by atoms with Crippen LogP contribution in [0, 0.1) is 0 Å². The fourth-order valence-electron chi connectivity index (χ4n) is 1.92. The number of nitrogens with one attached hydrogen (secondary N) is 1. The van der Waals surface area contributed by atoms with Gasteiger partial charge in [0.15, 0.2) is 0 Å². The summed E-state index contributed by atoms with van der Waals surface area (Å²) in [6, 6.07) is 11.7. The normalized spacial score (nSPS) is 9.81. The molecule has 0 aromatic heterocycles. The fraction of sp³-hybridized carbons (Fsp3) is 0.125. The van der Waals surface area contributed by atoms with Crippen molar-refractivity contribution in [1.82, 2.24) is 0 Å². The molecule has 21 heavy (non-hydrogen) atoms. The highest BCUT2D eigenvalue weighted by molar-refractivity contribution is 6.07. The van der Waals surface area contributed by atoms with E-state index < -0.39 is 0 Å². The van der Waals surface area contributed by atoms with Crippen molar-refractivity contribution in [3.8, 4) is 11.5 Å². The van der Waals surface area contributed by atoms with Crippen molar-refractivity contribution in [1.29, 1.82) is 0 Å². The second-order valence-electron chi connectivity index (χ2n) is 4.23. The van der Waals surface area contributed by atoms with Gasteiger partial charge in [0, 0.05) is 5.56 Å². The molecule has 0 saturated carbocycles. The average molecular weight is 285 g/mol. The van der Waals surface area contributed by atoms with Crippen LogP contribution in [0.25, 0.3) is 0 Å². The largest absolute Gasteiger partial charge is 0.496 e. The van der Waals surface area contributed by atoms with Gasteiger partial charge < -0.3 is 14.8 Å². The Hall–Kier alpha value is -2.82. The van der Waals surface area contributed by atoms with Gasteiger partial charge >= 0.3 is 0 Å². The highest BCUT2D eigenvalue weighted by Crippen LogP contribution is 2.27. The lowest BCUT2D eigenvalue weighted by Gasteiger charge is -2.12. The van der Waals surface area contributed by atoms with Crippen LogP contribution in [-0.2, 0) is 0 Å². The first-order chi connectivity index (χ1) is 10.2. The molecule has 108 valence electrons. The van der Waals surface area contributed by atoms with E-state index in [-0.39, 0.29) is 5.91 Å². The number of amides is 1. The average Bonchev–Trinajstić information content (AvgIpc) is 2.54. The van der Waals surface area contributed by atoms with Crippen molar-refractivity contribution < 1.29 is 19.1 Å². The standard InChI is InChI=1S/C16H15NO4/c1-20-14-6-4-3-5-12(14)16(19)17-13-9-11(10-18)7-8-15(13)21-2/h3-10H,1-2H3,(H,17,19). The zero-order valence-corrected chi connectivity index (χ0v) is 11.8. The first-order valence-corrected chi connectivity index (χ1v) is 6.27. The summed E-state index contributed by atoms with van der Waals surface area (Å²) < 4.78 is 10.3. The van der Waals surface area contributed by atoms with Gasteiger partial charge in [0.2, 0.25) is 0 Å². The minimum absolute atomic E-state index is 0.339. The molecule has 0 spiro atoms. The molecule has 5 nitrogen and oxygen atoms in total. The first-order valence-electron chi connectivity index (χ1n) is 6.27. The molecule has 0 unspecified atom stereocenters. The van der Waals surface area contributed by atoms with Gasteiger partial charge in [-0.1, -0.05) is 12.1 Å². The molecule has 0 bridgehead atoms. The molecular formula is C16H15NO4. The lowest BCUT2D eigenvalue weighted by Crippen LogP contribution is -2.14. The highest BCUT2D eigenvalue weighted by atomic mass is 16.5. The number of benzene rings is 2. The number of hydrogen-bond donors (Lipinski definition) is 1. The minimum atomic E-state index is -0.339. The predicted molar refractivity (Wildman–Crippen MR) is 79.3 cm³/mol. The van der Waals surface area contributed by atoms with Crippen molar-refractivity contribution >= 4 is 17.9 Å². The van der Waals surface area contributed by atoms with Crippen LogP contribution in [0.3, 0.4) is 0 Å². The molecular weight excluding hydrogens is 270 g/mol. The quantitative estimate of drug-likeness (QED) is 0.858. The Balaban J connectivity index is 2.32. The number of methoxy groups -OCH3 is 2. The Morgan fingerprint density at radius 1 is 1.05 bits per heavy atom. The Labute approximate surface area is 122 Å². The maximum Gasteiger partial charge on any atom is 0.259 e. The summed E-state index contributed by atoms with van der Waals surface area (Å²) in [5, 5.41) is 2.72. The molecule has 0 heterocycles. The summed E-state index contributed by atoms with van der Waals surface area (Å²) in [5.74, 6) is 0.609. The second-order valence-corrected chi connectivity index (χ2v) is 4.23. The van der Waals surface area contributed by atoms with Gasteiger partial charge in [0.1, 0.15) is 17.8 Å². The summed E-state index contributed by atoms with van der Waals surface area (Å²) in [5.41, 5.74) is 1.28. The number of anilines is 1. The molecule has 5 heteroatoms. The van der Waals surface area contributed by atoms with E-state index in [1.807, 2.05) is 0 Å². The molecule has 0 atom stereocenters. The lowest BCUT2D eigenvalue weighted by atomic mass is 10.1. The maximum absolute atomic E-state index is 12.3. The van der Waals surface area contributed by atoms with E-state index in [2.05, 4.69) is 5.32 Å². The van der Waals surface area contributed by atoms with Gasteiger partial charge in [0.25, 0.3) is 5.91 Å². The molecule has 0 aliphatic heterocycles. The molecule has 1 amide bonds. The van der Waals surface area contributed by atoms with E-state index in [0.29, 0.717) is 34.6 Å². The van der Waals surface area contributed by atoms with Crippen LogP contribution in [0.1, 0.15) is 20.7 Å². The maximum atomic E-state index is 12.3. The van der Waals surface area contributed by atoms with Crippen molar-refractivity contribution in [3.63, 3.8) is 0 Å². The van der Waals surface area contributed by atoms with Crippen LogP contribution in [-0.4, -0.2) is 26.4 Å². The smallest absolute Gasteiger partial charge is 0.259 e. The van der Waals surface area contributed by atoms with Crippen molar-refractivity contribution in [2.75, 3.05) is 19.5 Å². The van der Waals surface area contributed by atoms with E-state index in [9.17, 15) is 9.59 Å². The third-order valence-corrected chi connectivity index (χ3v) is 2.96. The summed E-state index contributed by atoms with van der Waals surface area (Å²) in [4.78, 5) is 23.2. The summed E-state index contributed by atoms with van der Waals surface area (Å²) in [6.45, 7) is 0. The van der Waals surface area contributed by atoms with E-state index in [0.717, 1.165) is 0 Å². The van der Waals surface area contributed by atoms with Crippen molar-refractivity contribution in [2.24, 2.45) is 0 Å². The molecule has 0 radical (unpaired) electrons. The monoisotopic (exact) mass is 285 g/mol. The lowest BCUT2D eigenvalue weighted by molar-refractivity contribution is 0.102. The summed E-state index contributed by atoms with van der Waals surface area (Å²) in [6.07, 6.45) is 0.707. The fourth-order valence-corrected chi connectivity index (χ4v) is 1.92. The second kappa shape index (κ2) is 6.56. The Morgan fingerprint density at radius 3 is 2.43 bits per heavy atom. The SMILES string of the molecule is COc1ccc(C=O)cc1NC(=O)c1ccccc1OC. The van der Waals surface area contributed by atoms with E-state index in [1.165, 1.54) is 14.2 Å². The molecule has 2 aromatic rings. The predicted octanol–water partition coefficient (Wildman–Crippen LogP) is 2.77. The number of hydrogen-bond acceptors (Lipinski definition) is 4. The van der Waals surface area contributed by atoms with Gasteiger partial charge in [-0.2, -0.15) is 0 Å². The van der Waals surface area contributed by atoms with Gasteiger partial charge in [-0.25, -0.2) is 0 Å². The van der Waals surface area contributed by atoms with Crippen LogP contribution in [0.2, 0.25) is 0 Å². The highest BCUT2D eigenvalue weighted by Gasteiger charge is 2.14. The summed E-state index contributed by atoms with van der Waals surface area (Å²) in [7, 11) is 2.99. The van der Waals surface area contributed by atoms with E-state index in [1.54, 1.807) is 42.5 Å². The number of carbonyl (C=O) groups is 2. The first kappa shape index (κ1) is 14.6. The number of carbonyl (C=O) groups excluding carboxylic acids is 2. The zero-order chi connectivity index (χ0) is 15.2.